The van der Waals surface area contributed by atoms with Crippen LogP contribution in [-0.2, 0) is 11.3 Å². The zero-order valence-electron chi connectivity index (χ0n) is 17.5. The summed E-state index contributed by atoms with van der Waals surface area (Å²) in [5.41, 5.74) is 1.04. The maximum absolute atomic E-state index is 12.2. The molecule has 1 aliphatic heterocycles. The molecule has 0 bridgehead atoms. The lowest BCUT2D eigenvalue weighted by Crippen LogP contribution is -2.41. The molecule has 6 nitrogen and oxygen atoms in total. The SMILES string of the molecule is CCNC(=NCC(=O)NCc1ccc(OC)cc1)N1CCC(CC(C)C)C1.I. The van der Waals surface area contributed by atoms with E-state index in [2.05, 4.69) is 41.3 Å². The predicted octanol–water partition coefficient (Wildman–Crippen LogP) is 3.26. The van der Waals surface area contributed by atoms with Crippen LogP contribution in [0.3, 0.4) is 0 Å². The minimum absolute atomic E-state index is 0. The van der Waals surface area contributed by atoms with Crippen molar-refractivity contribution in [2.45, 2.75) is 40.2 Å². The summed E-state index contributed by atoms with van der Waals surface area (Å²) in [4.78, 5) is 19.0. The average Bonchev–Trinajstić information content (AvgIpc) is 3.11. The van der Waals surface area contributed by atoms with Crippen molar-refractivity contribution >= 4 is 35.8 Å². The third-order valence-corrected chi connectivity index (χ3v) is 4.75. The van der Waals surface area contributed by atoms with Gasteiger partial charge < -0.3 is 20.3 Å². The van der Waals surface area contributed by atoms with Gasteiger partial charge in [-0.2, -0.15) is 0 Å². The third kappa shape index (κ3) is 8.24. The van der Waals surface area contributed by atoms with Crippen LogP contribution in [0.25, 0.3) is 0 Å². The second kappa shape index (κ2) is 12.9. The minimum atomic E-state index is -0.0702. The Kier molecular flexibility index (Phi) is 11.3. The highest BCUT2D eigenvalue weighted by Crippen LogP contribution is 2.23. The first kappa shape index (κ1) is 24.5. The fourth-order valence-electron chi connectivity index (χ4n) is 3.46. The Hall–Kier alpha value is -1.51. The lowest BCUT2D eigenvalue weighted by molar-refractivity contribution is -0.119. The average molecular weight is 502 g/mol. The van der Waals surface area contributed by atoms with E-state index in [9.17, 15) is 4.79 Å². The zero-order chi connectivity index (χ0) is 19.6. The second-order valence-corrected chi connectivity index (χ2v) is 7.53. The standard InChI is InChI=1S/C21H34N4O2.HI/c1-5-22-21(25-11-10-18(15-25)12-16(2)3)24-14-20(26)23-13-17-6-8-19(27-4)9-7-17;/h6-9,16,18H,5,10-15H2,1-4H3,(H,22,24)(H,23,26);1H. The molecule has 1 heterocycles. The van der Waals surface area contributed by atoms with E-state index in [0.29, 0.717) is 6.54 Å². The summed E-state index contributed by atoms with van der Waals surface area (Å²) in [7, 11) is 1.64. The van der Waals surface area contributed by atoms with Gasteiger partial charge in [-0.15, -0.1) is 24.0 Å². The number of methoxy groups -OCH3 is 1. The fraction of sp³-hybridized carbons (Fsp3) is 0.619. The van der Waals surface area contributed by atoms with Crippen molar-refractivity contribution in [2.24, 2.45) is 16.8 Å². The zero-order valence-corrected chi connectivity index (χ0v) is 19.9. The first-order valence-corrected chi connectivity index (χ1v) is 9.94. The van der Waals surface area contributed by atoms with Crippen LogP contribution in [0.15, 0.2) is 29.3 Å². The molecule has 1 atom stereocenters. The van der Waals surface area contributed by atoms with Gasteiger partial charge in [0, 0.05) is 26.2 Å². The Bertz CT molecular complexity index is 619. The highest BCUT2D eigenvalue weighted by molar-refractivity contribution is 14.0. The van der Waals surface area contributed by atoms with E-state index in [4.69, 9.17) is 4.74 Å². The molecule has 1 aromatic carbocycles. The second-order valence-electron chi connectivity index (χ2n) is 7.53. The smallest absolute Gasteiger partial charge is 0.242 e. The summed E-state index contributed by atoms with van der Waals surface area (Å²) in [6.07, 6.45) is 2.45. The minimum Gasteiger partial charge on any atom is -0.497 e. The number of aliphatic imine (C=N–C) groups is 1. The maximum atomic E-state index is 12.2. The molecule has 0 spiro atoms. The predicted molar refractivity (Wildman–Crippen MR) is 125 cm³/mol. The summed E-state index contributed by atoms with van der Waals surface area (Å²) in [6.45, 7) is 10.1. The van der Waals surface area contributed by atoms with Crippen molar-refractivity contribution in [3.63, 3.8) is 0 Å². The molecule has 1 amide bonds. The van der Waals surface area contributed by atoms with E-state index in [1.807, 2.05) is 24.3 Å². The van der Waals surface area contributed by atoms with E-state index in [-0.39, 0.29) is 36.4 Å². The molecule has 28 heavy (non-hydrogen) atoms. The van der Waals surface area contributed by atoms with Gasteiger partial charge in [-0.05, 0) is 49.3 Å². The molecule has 7 heteroatoms. The summed E-state index contributed by atoms with van der Waals surface area (Å²) < 4.78 is 5.14. The van der Waals surface area contributed by atoms with Gasteiger partial charge in [0.1, 0.15) is 12.3 Å². The van der Waals surface area contributed by atoms with Gasteiger partial charge in [-0.3, -0.25) is 4.79 Å². The summed E-state index contributed by atoms with van der Waals surface area (Å²) in [5.74, 6) is 3.03. The number of rotatable bonds is 8. The number of hydrogen-bond acceptors (Lipinski definition) is 3. The van der Waals surface area contributed by atoms with Gasteiger partial charge in [0.2, 0.25) is 5.91 Å². The largest absolute Gasteiger partial charge is 0.497 e. The number of carbonyl (C=O) groups is 1. The molecule has 0 aromatic heterocycles. The topological polar surface area (TPSA) is 66.0 Å². The molecule has 0 radical (unpaired) electrons. The van der Waals surface area contributed by atoms with Crippen LogP contribution in [0.4, 0.5) is 0 Å². The molecular formula is C21H35IN4O2. The van der Waals surface area contributed by atoms with Gasteiger partial charge in [0.05, 0.1) is 7.11 Å². The van der Waals surface area contributed by atoms with Crippen LogP contribution in [0.1, 0.15) is 39.2 Å². The van der Waals surface area contributed by atoms with Gasteiger partial charge in [0.25, 0.3) is 0 Å². The number of nitrogens with zero attached hydrogens (tertiary/aromatic N) is 2. The Morgan fingerprint density at radius 3 is 2.61 bits per heavy atom. The Morgan fingerprint density at radius 2 is 2.00 bits per heavy atom. The number of halogens is 1. The molecular weight excluding hydrogens is 467 g/mol. The van der Waals surface area contributed by atoms with Crippen LogP contribution in [-0.4, -0.2) is 50.1 Å². The van der Waals surface area contributed by atoms with Gasteiger partial charge >= 0.3 is 0 Å². The van der Waals surface area contributed by atoms with Crippen LogP contribution in [0, 0.1) is 11.8 Å². The van der Waals surface area contributed by atoms with Crippen LogP contribution < -0.4 is 15.4 Å². The van der Waals surface area contributed by atoms with Gasteiger partial charge in [-0.1, -0.05) is 26.0 Å². The van der Waals surface area contributed by atoms with Crippen molar-refractivity contribution in [1.29, 1.82) is 0 Å². The Balaban J connectivity index is 0.00000392. The Labute approximate surface area is 186 Å². The van der Waals surface area contributed by atoms with Crippen molar-refractivity contribution < 1.29 is 9.53 Å². The van der Waals surface area contributed by atoms with E-state index in [1.54, 1.807) is 7.11 Å². The number of guanidine groups is 1. The molecule has 1 aliphatic rings. The summed E-state index contributed by atoms with van der Waals surface area (Å²) >= 11 is 0. The number of ether oxygens (including phenoxy) is 1. The fourth-order valence-corrected chi connectivity index (χ4v) is 3.46. The molecule has 1 unspecified atom stereocenters. The van der Waals surface area contributed by atoms with Crippen molar-refractivity contribution in [1.82, 2.24) is 15.5 Å². The molecule has 2 N–H and O–H groups in total. The molecule has 0 aliphatic carbocycles. The normalized spacial score (nSPS) is 16.7. The van der Waals surface area contributed by atoms with Crippen molar-refractivity contribution in [3.05, 3.63) is 29.8 Å². The summed E-state index contributed by atoms with van der Waals surface area (Å²) in [6, 6.07) is 7.69. The molecule has 1 fully saturated rings. The van der Waals surface area contributed by atoms with E-state index in [1.165, 1.54) is 12.8 Å². The number of benzene rings is 1. The third-order valence-electron chi connectivity index (χ3n) is 4.75. The number of nitrogens with one attached hydrogen (secondary N) is 2. The number of amides is 1. The van der Waals surface area contributed by atoms with Crippen molar-refractivity contribution in [3.8, 4) is 5.75 Å². The number of carbonyl (C=O) groups excluding carboxylic acids is 1. The Morgan fingerprint density at radius 1 is 1.29 bits per heavy atom. The van der Waals surface area contributed by atoms with Crippen LogP contribution in [0.5, 0.6) is 5.75 Å². The lowest BCUT2D eigenvalue weighted by atomic mass is 9.97. The number of likely N-dealkylation sites (tertiary alicyclic amines) is 1. The molecule has 158 valence electrons. The van der Waals surface area contributed by atoms with Gasteiger partial charge in [0.15, 0.2) is 5.96 Å². The molecule has 0 saturated carbocycles. The molecule has 2 rings (SSSR count). The monoisotopic (exact) mass is 502 g/mol. The van der Waals surface area contributed by atoms with E-state index < -0.39 is 0 Å². The quantitative estimate of drug-likeness (QED) is 0.326. The first-order valence-electron chi connectivity index (χ1n) is 9.94. The first-order chi connectivity index (χ1) is 13.0. The van der Waals surface area contributed by atoms with Crippen LogP contribution >= 0.6 is 24.0 Å². The highest BCUT2D eigenvalue weighted by atomic mass is 127. The van der Waals surface area contributed by atoms with E-state index in [0.717, 1.165) is 48.7 Å². The van der Waals surface area contributed by atoms with E-state index >= 15 is 0 Å². The summed E-state index contributed by atoms with van der Waals surface area (Å²) in [5, 5.41) is 6.25. The number of hydrogen-bond donors (Lipinski definition) is 2. The maximum Gasteiger partial charge on any atom is 0.242 e. The van der Waals surface area contributed by atoms with Gasteiger partial charge in [-0.25, -0.2) is 4.99 Å². The van der Waals surface area contributed by atoms with Crippen LogP contribution in [0.2, 0.25) is 0 Å². The molecule has 1 saturated heterocycles. The lowest BCUT2D eigenvalue weighted by Gasteiger charge is -2.22. The molecule has 1 aromatic rings. The van der Waals surface area contributed by atoms with Crippen molar-refractivity contribution in [2.75, 3.05) is 33.3 Å². The highest BCUT2D eigenvalue weighted by Gasteiger charge is 2.25.